The van der Waals surface area contributed by atoms with E-state index < -0.39 is 21.8 Å². The topological polar surface area (TPSA) is 102 Å². The number of aryl methyl sites for hydroxylation is 1. The van der Waals surface area contributed by atoms with Gasteiger partial charge in [0, 0.05) is 35.5 Å². The molecule has 0 bridgehead atoms. The van der Waals surface area contributed by atoms with E-state index in [0.29, 0.717) is 16.6 Å². The molecular formula is C13H16N2O4S. The van der Waals surface area contributed by atoms with Gasteiger partial charge in [0.1, 0.15) is 6.04 Å². The molecule has 1 heterocycles. The van der Waals surface area contributed by atoms with Gasteiger partial charge in [-0.2, -0.15) is 0 Å². The third-order valence-electron chi connectivity index (χ3n) is 3.52. The van der Waals surface area contributed by atoms with Crippen molar-refractivity contribution in [2.24, 2.45) is 12.8 Å². The summed E-state index contributed by atoms with van der Waals surface area (Å²) >= 11 is 0. The average Bonchev–Trinajstić information content (AvgIpc) is 2.60. The molecule has 108 valence electrons. The van der Waals surface area contributed by atoms with Crippen molar-refractivity contribution in [1.29, 1.82) is 0 Å². The molecule has 3 N–H and O–H groups in total. The van der Waals surface area contributed by atoms with E-state index >= 15 is 0 Å². The molecule has 1 aromatic carbocycles. The van der Waals surface area contributed by atoms with E-state index in [2.05, 4.69) is 0 Å². The van der Waals surface area contributed by atoms with Crippen LogP contribution >= 0.6 is 0 Å². The Hall–Kier alpha value is -1.86. The van der Waals surface area contributed by atoms with Crippen LogP contribution in [0.5, 0.6) is 0 Å². The van der Waals surface area contributed by atoms with Crippen LogP contribution in [0.1, 0.15) is 17.3 Å². The molecular weight excluding hydrogens is 280 g/mol. The maximum absolute atomic E-state index is 11.6. The predicted octanol–water partition coefficient (Wildman–Crippen LogP) is 0.975. The molecule has 0 radical (unpaired) electrons. The van der Waals surface area contributed by atoms with Gasteiger partial charge >= 0.3 is 5.97 Å². The van der Waals surface area contributed by atoms with E-state index in [4.69, 9.17) is 10.8 Å². The van der Waals surface area contributed by atoms with Gasteiger partial charge in [-0.25, -0.2) is 8.42 Å². The smallest absolute Gasteiger partial charge is 0.325 e. The summed E-state index contributed by atoms with van der Waals surface area (Å²) in [4.78, 5) is 11.3. The molecule has 20 heavy (non-hydrogen) atoms. The summed E-state index contributed by atoms with van der Waals surface area (Å²) in [6.07, 6.45) is 1.11. The number of aromatic nitrogens is 1. The number of fused-ring (bicyclic) bond motifs is 1. The number of benzene rings is 1. The van der Waals surface area contributed by atoms with Gasteiger partial charge in [0.15, 0.2) is 9.84 Å². The third kappa shape index (κ3) is 2.19. The van der Waals surface area contributed by atoms with E-state index in [0.717, 1.165) is 11.8 Å². The van der Waals surface area contributed by atoms with E-state index in [-0.39, 0.29) is 4.90 Å². The summed E-state index contributed by atoms with van der Waals surface area (Å²) in [5, 5.41) is 9.66. The van der Waals surface area contributed by atoms with Crippen LogP contribution < -0.4 is 5.73 Å². The Morgan fingerprint density at radius 3 is 2.50 bits per heavy atom. The van der Waals surface area contributed by atoms with E-state index in [1.807, 2.05) is 0 Å². The molecule has 2 rings (SSSR count). The van der Waals surface area contributed by atoms with E-state index in [1.54, 1.807) is 24.6 Å². The number of carbonyl (C=O) groups is 1. The summed E-state index contributed by atoms with van der Waals surface area (Å²) in [6, 6.07) is 3.47. The molecule has 1 atom stereocenters. The van der Waals surface area contributed by atoms with Gasteiger partial charge in [0.2, 0.25) is 0 Å². The summed E-state index contributed by atoms with van der Waals surface area (Å²) in [6.45, 7) is 1.76. The molecule has 7 heteroatoms. The fourth-order valence-corrected chi connectivity index (χ4v) is 2.97. The maximum Gasteiger partial charge on any atom is 0.325 e. The van der Waals surface area contributed by atoms with Crippen molar-refractivity contribution in [1.82, 2.24) is 4.57 Å². The second-order valence-electron chi connectivity index (χ2n) is 4.83. The molecule has 0 aliphatic carbocycles. The lowest BCUT2D eigenvalue weighted by molar-refractivity contribution is -0.138. The number of carboxylic acid groups (broad SMARTS) is 1. The van der Waals surface area contributed by atoms with Crippen molar-refractivity contribution < 1.29 is 18.3 Å². The minimum Gasteiger partial charge on any atom is -0.480 e. The number of rotatable bonds is 3. The van der Waals surface area contributed by atoms with Gasteiger partial charge in [-0.05, 0) is 25.1 Å². The third-order valence-corrected chi connectivity index (χ3v) is 4.63. The molecule has 1 aromatic heterocycles. The largest absolute Gasteiger partial charge is 0.480 e. The quantitative estimate of drug-likeness (QED) is 0.878. The highest BCUT2D eigenvalue weighted by Gasteiger charge is 2.24. The van der Waals surface area contributed by atoms with Crippen LogP contribution in [0.2, 0.25) is 0 Å². The predicted molar refractivity (Wildman–Crippen MR) is 75.3 cm³/mol. The van der Waals surface area contributed by atoms with Crippen molar-refractivity contribution in [3.05, 3.63) is 29.5 Å². The fourth-order valence-electron chi connectivity index (χ4n) is 2.33. The summed E-state index contributed by atoms with van der Waals surface area (Å²) in [7, 11) is -1.57. The summed E-state index contributed by atoms with van der Waals surface area (Å²) in [5.74, 6) is -1.15. The minimum absolute atomic E-state index is 0.148. The average molecular weight is 296 g/mol. The van der Waals surface area contributed by atoms with Crippen LogP contribution in [-0.4, -0.2) is 30.3 Å². The van der Waals surface area contributed by atoms with Gasteiger partial charge in [-0.3, -0.25) is 4.79 Å². The molecule has 0 aliphatic rings. The second-order valence-corrected chi connectivity index (χ2v) is 6.84. The Morgan fingerprint density at radius 2 is 2.00 bits per heavy atom. The molecule has 0 spiro atoms. The molecule has 2 aromatic rings. The Labute approximate surface area is 116 Å². The summed E-state index contributed by atoms with van der Waals surface area (Å²) < 4.78 is 25.1. The zero-order valence-corrected chi connectivity index (χ0v) is 12.2. The molecule has 0 fully saturated rings. The molecule has 0 saturated carbocycles. The van der Waals surface area contributed by atoms with Crippen LogP contribution in [0.15, 0.2) is 23.1 Å². The molecule has 6 nitrogen and oxygen atoms in total. The number of nitrogens with two attached hydrogens (primary N) is 1. The van der Waals surface area contributed by atoms with Crippen molar-refractivity contribution in [2.75, 3.05) is 6.26 Å². The van der Waals surface area contributed by atoms with E-state index in [1.165, 1.54) is 12.1 Å². The van der Waals surface area contributed by atoms with Gasteiger partial charge < -0.3 is 15.4 Å². The fraction of sp³-hybridized carbons (Fsp3) is 0.308. The van der Waals surface area contributed by atoms with Crippen LogP contribution in [0, 0.1) is 6.92 Å². The number of hydrogen-bond acceptors (Lipinski definition) is 4. The Morgan fingerprint density at radius 1 is 1.40 bits per heavy atom. The normalized spacial score (nSPS) is 13.6. The van der Waals surface area contributed by atoms with Crippen molar-refractivity contribution >= 4 is 26.7 Å². The van der Waals surface area contributed by atoms with Crippen LogP contribution in [-0.2, 0) is 21.7 Å². The first-order valence-corrected chi connectivity index (χ1v) is 7.81. The number of sulfone groups is 1. The van der Waals surface area contributed by atoms with Crippen LogP contribution in [0.3, 0.4) is 0 Å². The Balaban J connectivity index is 2.86. The first kappa shape index (κ1) is 14.5. The summed E-state index contributed by atoms with van der Waals surface area (Å²) in [5.41, 5.74) is 7.62. The molecule has 0 aliphatic heterocycles. The number of hydrogen-bond donors (Lipinski definition) is 2. The Bertz CT molecular complexity index is 805. The second kappa shape index (κ2) is 4.60. The SMILES string of the molecule is Cc1c(C(N)C(=O)O)c2cc(S(C)(=O)=O)ccc2n1C. The zero-order chi connectivity index (χ0) is 15.2. The molecule has 1 unspecified atom stereocenters. The Kier molecular flexibility index (Phi) is 3.35. The van der Waals surface area contributed by atoms with Crippen molar-refractivity contribution in [3.8, 4) is 0 Å². The first-order valence-electron chi connectivity index (χ1n) is 5.92. The zero-order valence-electron chi connectivity index (χ0n) is 11.4. The molecule has 0 saturated heterocycles. The maximum atomic E-state index is 11.6. The van der Waals surface area contributed by atoms with Gasteiger partial charge in [0.05, 0.1) is 4.90 Å². The van der Waals surface area contributed by atoms with Gasteiger partial charge in [-0.15, -0.1) is 0 Å². The highest BCUT2D eigenvalue weighted by molar-refractivity contribution is 7.90. The standard InChI is InChI=1S/C13H16N2O4S/c1-7-11(12(14)13(16)17)9-6-8(20(3,18)19)4-5-10(9)15(7)2/h4-6,12H,14H2,1-3H3,(H,16,17). The lowest BCUT2D eigenvalue weighted by Gasteiger charge is -2.07. The van der Waals surface area contributed by atoms with Crippen molar-refractivity contribution in [3.63, 3.8) is 0 Å². The molecule has 0 amide bonds. The van der Waals surface area contributed by atoms with Crippen molar-refractivity contribution in [2.45, 2.75) is 17.9 Å². The highest BCUT2D eigenvalue weighted by Crippen LogP contribution is 2.31. The number of carboxylic acids is 1. The monoisotopic (exact) mass is 296 g/mol. The van der Waals surface area contributed by atoms with Gasteiger partial charge in [0.25, 0.3) is 0 Å². The lowest BCUT2D eigenvalue weighted by atomic mass is 10.0. The minimum atomic E-state index is -3.36. The number of nitrogens with zero attached hydrogens (tertiary/aromatic N) is 1. The lowest BCUT2D eigenvalue weighted by Crippen LogP contribution is -2.21. The first-order chi connectivity index (χ1) is 9.14. The van der Waals surface area contributed by atoms with Gasteiger partial charge in [-0.1, -0.05) is 0 Å². The van der Waals surface area contributed by atoms with E-state index in [9.17, 15) is 13.2 Å². The van der Waals surface area contributed by atoms with Crippen LogP contribution in [0.25, 0.3) is 10.9 Å². The highest BCUT2D eigenvalue weighted by atomic mass is 32.2. The van der Waals surface area contributed by atoms with Crippen LogP contribution in [0.4, 0.5) is 0 Å². The number of aliphatic carboxylic acids is 1.